The molecule has 192 valence electrons. The molecule has 2 aromatic rings. The molecule has 6 nitrogen and oxygen atoms in total. The fourth-order valence-corrected chi connectivity index (χ4v) is 2.80. The van der Waals surface area contributed by atoms with Crippen LogP contribution in [0.3, 0.4) is 0 Å². The van der Waals surface area contributed by atoms with Crippen molar-refractivity contribution in [2.24, 2.45) is 12.5 Å². The standard InChI is InChI=1S/C23H23F5N4O2.C2H2/c1-13(22-14(12-31(5)30-22)8-9-23(2,3)4)16(7-6-10-32(33)34)29-11-15-17(24)19(26)21(28)20(27)18(15)25;1-2/h6-7,12,29H,10-11H2,1-5H3;1-2H/b7-6-,16-13-;. The highest BCUT2D eigenvalue weighted by Crippen LogP contribution is 2.25. The smallest absolute Gasteiger partial charge is 0.222 e. The van der Waals surface area contributed by atoms with Gasteiger partial charge in [-0.2, -0.15) is 5.10 Å². The van der Waals surface area contributed by atoms with Gasteiger partial charge in [-0.3, -0.25) is 14.8 Å². The van der Waals surface area contributed by atoms with Gasteiger partial charge in [0, 0.05) is 47.0 Å². The highest BCUT2D eigenvalue weighted by Gasteiger charge is 2.25. The summed E-state index contributed by atoms with van der Waals surface area (Å²) in [5.74, 6) is -4.25. The number of allylic oxidation sites excluding steroid dienone is 2. The molecule has 0 amide bonds. The van der Waals surface area contributed by atoms with Crippen molar-refractivity contribution in [3.63, 3.8) is 0 Å². The summed E-state index contributed by atoms with van der Waals surface area (Å²) in [6.07, 6.45) is 12.1. The van der Waals surface area contributed by atoms with Crippen LogP contribution >= 0.6 is 0 Å². The van der Waals surface area contributed by atoms with Crippen LogP contribution < -0.4 is 5.32 Å². The molecular weight excluding hydrogens is 483 g/mol. The molecule has 0 aliphatic carbocycles. The van der Waals surface area contributed by atoms with Crippen LogP contribution in [0, 0.1) is 69.3 Å². The molecule has 0 aliphatic heterocycles. The molecule has 11 heteroatoms. The summed E-state index contributed by atoms with van der Waals surface area (Å²) in [6, 6.07) is 0. The summed E-state index contributed by atoms with van der Waals surface area (Å²) < 4.78 is 70.1. The second-order valence-electron chi connectivity index (χ2n) is 8.42. The van der Waals surface area contributed by atoms with Crippen molar-refractivity contribution in [1.82, 2.24) is 15.1 Å². The van der Waals surface area contributed by atoms with Gasteiger partial charge in [-0.15, -0.1) is 12.8 Å². The SMILES string of the molecule is C#C.C/C(=C(\C=C/C[N+](=O)[O-])NCc1c(F)c(F)c(F)c(F)c1F)c1nn(C)cc1C#CC(C)(C)C. The summed E-state index contributed by atoms with van der Waals surface area (Å²) in [6.45, 7) is 5.99. The van der Waals surface area contributed by atoms with Gasteiger partial charge in [-0.1, -0.05) is 11.8 Å². The third kappa shape index (κ3) is 7.70. The fourth-order valence-electron chi connectivity index (χ4n) is 2.80. The second kappa shape index (κ2) is 12.5. The Morgan fingerprint density at radius 3 is 2.17 bits per heavy atom. The molecular formula is C25H25F5N4O2. The lowest BCUT2D eigenvalue weighted by Gasteiger charge is -2.13. The molecule has 0 bridgehead atoms. The van der Waals surface area contributed by atoms with E-state index in [0.29, 0.717) is 16.8 Å². The number of terminal acetylenes is 1. The van der Waals surface area contributed by atoms with Gasteiger partial charge < -0.3 is 5.32 Å². The summed E-state index contributed by atoms with van der Waals surface area (Å²) in [5, 5.41) is 17.6. The Hall–Kier alpha value is -4.12. The van der Waals surface area contributed by atoms with Crippen LogP contribution in [0.2, 0.25) is 0 Å². The van der Waals surface area contributed by atoms with E-state index in [2.05, 4.69) is 35.1 Å². The van der Waals surface area contributed by atoms with Crippen LogP contribution in [0.4, 0.5) is 22.0 Å². The highest BCUT2D eigenvalue weighted by atomic mass is 19.2. The summed E-state index contributed by atoms with van der Waals surface area (Å²) >= 11 is 0. The minimum atomic E-state index is -2.26. The first-order valence-corrected chi connectivity index (χ1v) is 10.4. The molecule has 0 atom stereocenters. The van der Waals surface area contributed by atoms with Crippen LogP contribution in [0.15, 0.2) is 24.0 Å². The van der Waals surface area contributed by atoms with Crippen molar-refractivity contribution in [2.45, 2.75) is 34.2 Å². The Balaban J connectivity index is 0.00000316. The second-order valence-corrected chi connectivity index (χ2v) is 8.42. The monoisotopic (exact) mass is 508 g/mol. The van der Waals surface area contributed by atoms with E-state index in [1.165, 1.54) is 16.8 Å². The lowest BCUT2D eigenvalue weighted by atomic mass is 9.97. The molecule has 0 saturated carbocycles. The average molecular weight is 508 g/mol. The van der Waals surface area contributed by atoms with E-state index in [-0.39, 0.29) is 11.1 Å². The normalized spacial score (nSPS) is 11.8. The van der Waals surface area contributed by atoms with Crippen LogP contribution in [0.1, 0.15) is 44.5 Å². The minimum Gasteiger partial charge on any atom is -0.380 e. The van der Waals surface area contributed by atoms with E-state index in [9.17, 15) is 32.1 Å². The molecule has 0 unspecified atom stereocenters. The van der Waals surface area contributed by atoms with Gasteiger partial charge >= 0.3 is 0 Å². The van der Waals surface area contributed by atoms with E-state index in [4.69, 9.17) is 0 Å². The summed E-state index contributed by atoms with van der Waals surface area (Å²) in [7, 11) is 1.66. The van der Waals surface area contributed by atoms with Crippen molar-refractivity contribution in [3.05, 3.63) is 80.1 Å². The Labute approximate surface area is 206 Å². The number of aromatic nitrogens is 2. The van der Waals surface area contributed by atoms with E-state index < -0.39 is 52.7 Å². The van der Waals surface area contributed by atoms with Gasteiger partial charge in [0.1, 0.15) is 5.69 Å². The molecule has 1 heterocycles. The molecule has 0 fully saturated rings. The van der Waals surface area contributed by atoms with E-state index in [1.54, 1.807) is 20.2 Å². The highest BCUT2D eigenvalue weighted by molar-refractivity contribution is 5.70. The number of nitro groups is 1. The number of hydrogen-bond donors (Lipinski definition) is 1. The van der Waals surface area contributed by atoms with Crippen molar-refractivity contribution in [3.8, 4) is 24.7 Å². The third-order valence-corrected chi connectivity index (χ3v) is 4.46. The van der Waals surface area contributed by atoms with Gasteiger partial charge in [0.2, 0.25) is 12.4 Å². The Morgan fingerprint density at radius 2 is 1.67 bits per heavy atom. The largest absolute Gasteiger partial charge is 0.380 e. The van der Waals surface area contributed by atoms with Crippen LogP contribution in [0.25, 0.3) is 5.57 Å². The molecule has 36 heavy (non-hydrogen) atoms. The number of nitrogens with one attached hydrogen (secondary N) is 1. The molecule has 1 aromatic carbocycles. The first-order chi connectivity index (χ1) is 16.7. The van der Waals surface area contributed by atoms with Crippen LogP contribution in [-0.2, 0) is 13.6 Å². The van der Waals surface area contributed by atoms with Crippen LogP contribution in [0.5, 0.6) is 0 Å². The average Bonchev–Trinajstić information content (AvgIpc) is 3.19. The molecule has 0 saturated heterocycles. The van der Waals surface area contributed by atoms with Gasteiger partial charge in [-0.25, -0.2) is 22.0 Å². The number of rotatable bonds is 7. The van der Waals surface area contributed by atoms with Crippen molar-refractivity contribution >= 4 is 5.57 Å². The van der Waals surface area contributed by atoms with Crippen LogP contribution in [-0.4, -0.2) is 21.2 Å². The zero-order valence-corrected chi connectivity index (χ0v) is 20.3. The molecule has 0 aliphatic rings. The molecule has 0 spiro atoms. The number of hydrogen-bond acceptors (Lipinski definition) is 4. The van der Waals surface area contributed by atoms with E-state index in [0.717, 1.165) is 0 Å². The lowest BCUT2D eigenvalue weighted by molar-refractivity contribution is -0.468. The zero-order chi connectivity index (χ0) is 27.8. The molecule has 1 aromatic heterocycles. The minimum absolute atomic E-state index is 0.128. The predicted octanol–water partition coefficient (Wildman–Crippen LogP) is 5.12. The number of aryl methyl sites for hydroxylation is 1. The van der Waals surface area contributed by atoms with E-state index in [1.807, 2.05) is 20.8 Å². The Morgan fingerprint density at radius 1 is 1.14 bits per heavy atom. The fraction of sp³-hybridized carbons (Fsp3) is 0.320. The maximum atomic E-state index is 14.1. The lowest BCUT2D eigenvalue weighted by Crippen LogP contribution is -2.18. The van der Waals surface area contributed by atoms with Crippen molar-refractivity contribution in [2.75, 3.05) is 6.54 Å². The number of nitrogens with zero attached hydrogens (tertiary/aromatic N) is 3. The molecule has 0 radical (unpaired) electrons. The Bertz CT molecular complexity index is 1250. The van der Waals surface area contributed by atoms with Gasteiger partial charge in [-0.05, 0) is 39.8 Å². The maximum Gasteiger partial charge on any atom is 0.222 e. The zero-order valence-electron chi connectivity index (χ0n) is 20.3. The summed E-state index contributed by atoms with van der Waals surface area (Å²) in [4.78, 5) is 10.1. The third-order valence-electron chi connectivity index (χ3n) is 4.46. The van der Waals surface area contributed by atoms with E-state index >= 15 is 0 Å². The summed E-state index contributed by atoms with van der Waals surface area (Å²) in [5.41, 5.74) is 0.0326. The quantitative estimate of drug-likeness (QED) is 0.107. The predicted molar refractivity (Wildman–Crippen MR) is 126 cm³/mol. The maximum absolute atomic E-state index is 14.1. The Kier molecular flexibility index (Phi) is 10.4. The molecule has 1 N–H and O–H groups in total. The molecule has 2 rings (SSSR count). The number of halogens is 5. The first-order valence-electron chi connectivity index (χ1n) is 10.4. The van der Waals surface area contributed by atoms with Crippen molar-refractivity contribution < 1.29 is 26.9 Å². The van der Waals surface area contributed by atoms with Gasteiger partial charge in [0.25, 0.3) is 0 Å². The first kappa shape index (κ1) is 29.9. The van der Waals surface area contributed by atoms with Gasteiger partial charge in [0.05, 0.1) is 5.56 Å². The van der Waals surface area contributed by atoms with Crippen molar-refractivity contribution in [1.29, 1.82) is 0 Å². The number of benzene rings is 1. The van der Waals surface area contributed by atoms with Gasteiger partial charge in [0.15, 0.2) is 23.3 Å². The topological polar surface area (TPSA) is 73.0 Å².